The Bertz CT molecular complexity index is 745. The molecule has 0 aliphatic heterocycles. The summed E-state index contributed by atoms with van der Waals surface area (Å²) in [7, 11) is -4.01. The molecular weight excluding hydrogens is 324 g/mol. The van der Waals surface area contributed by atoms with Crippen LogP contribution in [0.15, 0.2) is 46.0 Å². The van der Waals surface area contributed by atoms with Crippen LogP contribution in [0.2, 0.25) is 0 Å². The highest BCUT2D eigenvalue weighted by Crippen LogP contribution is 2.19. The van der Waals surface area contributed by atoms with E-state index in [0.717, 1.165) is 0 Å². The molecule has 9 nitrogen and oxygen atoms in total. The second-order valence-corrected chi connectivity index (χ2v) is 5.88. The number of carbonyl (C=O) groups is 1. The van der Waals surface area contributed by atoms with Crippen LogP contribution in [0.3, 0.4) is 0 Å². The van der Waals surface area contributed by atoms with Crippen LogP contribution in [-0.4, -0.2) is 26.0 Å². The number of pyridine rings is 1. The van der Waals surface area contributed by atoms with Crippen LogP contribution in [0, 0.1) is 0 Å². The summed E-state index contributed by atoms with van der Waals surface area (Å²) >= 11 is 0. The van der Waals surface area contributed by atoms with Crippen LogP contribution in [-0.2, 0) is 16.6 Å². The molecule has 2 aromatic rings. The van der Waals surface area contributed by atoms with Crippen molar-refractivity contribution in [2.45, 2.75) is 18.4 Å². The normalized spacial score (nSPS) is 11.0. The molecule has 0 spiro atoms. The van der Waals surface area contributed by atoms with E-state index in [4.69, 9.17) is 9.15 Å². The van der Waals surface area contributed by atoms with Gasteiger partial charge in [-0.15, -0.1) is 4.83 Å². The maximum absolute atomic E-state index is 12.2. The molecule has 10 heteroatoms. The third-order valence-corrected chi connectivity index (χ3v) is 3.87. The molecule has 2 amide bonds. The Morgan fingerprint density at radius 1 is 1.35 bits per heavy atom. The topological polar surface area (TPSA) is 123 Å². The summed E-state index contributed by atoms with van der Waals surface area (Å²) in [5.41, 5.74) is 2.04. The molecule has 0 unspecified atom stereocenters. The van der Waals surface area contributed by atoms with Gasteiger partial charge in [0.25, 0.3) is 10.0 Å². The van der Waals surface area contributed by atoms with Crippen LogP contribution in [0.4, 0.5) is 4.79 Å². The Hall–Kier alpha value is -2.59. The summed E-state index contributed by atoms with van der Waals surface area (Å²) in [6, 6.07) is 5.40. The van der Waals surface area contributed by atoms with Crippen LogP contribution in [0.1, 0.15) is 12.7 Å². The van der Waals surface area contributed by atoms with Gasteiger partial charge in [0.1, 0.15) is 10.7 Å². The molecule has 2 rings (SSSR count). The number of rotatable bonds is 7. The highest BCUT2D eigenvalue weighted by molar-refractivity contribution is 7.89. The highest BCUT2D eigenvalue weighted by Gasteiger charge is 2.21. The minimum absolute atomic E-state index is 0.0414. The summed E-state index contributed by atoms with van der Waals surface area (Å²) in [4.78, 5) is 17.2. The fourth-order valence-corrected chi connectivity index (χ4v) is 2.56. The van der Waals surface area contributed by atoms with Gasteiger partial charge in [0.05, 0.1) is 19.4 Å². The second-order valence-electron chi connectivity index (χ2n) is 4.23. The van der Waals surface area contributed by atoms with Gasteiger partial charge in [-0.2, -0.15) is 0 Å². The van der Waals surface area contributed by atoms with Gasteiger partial charge < -0.3 is 14.5 Å². The average Bonchev–Trinajstić information content (AvgIpc) is 3.05. The van der Waals surface area contributed by atoms with Gasteiger partial charge in [0, 0.05) is 6.20 Å². The molecule has 2 aromatic heterocycles. The van der Waals surface area contributed by atoms with Crippen molar-refractivity contribution in [3.63, 3.8) is 0 Å². The predicted octanol–water partition coefficient (Wildman–Crippen LogP) is 0.766. The van der Waals surface area contributed by atoms with Crippen molar-refractivity contribution in [1.29, 1.82) is 0 Å². The molecule has 0 atom stereocenters. The lowest BCUT2D eigenvalue weighted by Crippen LogP contribution is -2.46. The Morgan fingerprint density at radius 3 is 2.87 bits per heavy atom. The zero-order valence-electron chi connectivity index (χ0n) is 12.3. The molecule has 0 aromatic carbocycles. The lowest BCUT2D eigenvalue weighted by Gasteiger charge is -2.11. The number of nitrogens with one attached hydrogen (secondary N) is 3. The average molecular weight is 340 g/mol. The minimum atomic E-state index is -4.01. The van der Waals surface area contributed by atoms with Crippen molar-refractivity contribution in [3.05, 3.63) is 42.5 Å². The second kappa shape index (κ2) is 7.61. The molecule has 0 aliphatic rings. The summed E-state index contributed by atoms with van der Waals surface area (Å²) in [6.45, 7) is 2.09. The van der Waals surface area contributed by atoms with Gasteiger partial charge in [-0.3, -0.25) is 5.43 Å². The van der Waals surface area contributed by atoms with Crippen molar-refractivity contribution < 1.29 is 22.4 Å². The molecule has 0 bridgehead atoms. The lowest BCUT2D eigenvalue weighted by atomic mass is 10.4. The summed E-state index contributed by atoms with van der Waals surface area (Å²) in [5.74, 6) is 0.495. The number of sulfonamides is 1. The fraction of sp³-hybridized carbons (Fsp3) is 0.231. The predicted molar refractivity (Wildman–Crippen MR) is 79.8 cm³/mol. The number of ether oxygens (including phenoxy) is 1. The van der Waals surface area contributed by atoms with Gasteiger partial charge in [-0.1, -0.05) is 0 Å². The van der Waals surface area contributed by atoms with Crippen LogP contribution in [0.5, 0.6) is 5.88 Å². The number of hydrazine groups is 1. The molecule has 3 N–H and O–H groups in total. The van der Waals surface area contributed by atoms with Crippen molar-refractivity contribution in [2.75, 3.05) is 6.61 Å². The molecule has 0 saturated carbocycles. The van der Waals surface area contributed by atoms with Gasteiger partial charge in [0.15, 0.2) is 0 Å². The standard InChI is InChI=1S/C13H16N4O5S/c1-2-21-12-11(6-3-7-14-12)23(19,20)17-16-13(18)15-9-10-5-4-8-22-10/h3-8,17H,2,9H2,1H3,(H2,15,16,18). The Labute approximate surface area is 133 Å². The molecule has 0 saturated heterocycles. The number of urea groups is 1. The zero-order chi connectivity index (χ0) is 16.7. The molecule has 0 radical (unpaired) electrons. The minimum Gasteiger partial charge on any atom is -0.477 e. The maximum Gasteiger partial charge on any atom is 0.330 e. The third-order valence-electron chi connectivity index (χ3n) is 2.61. The molecular formula is C13H16N4O5S. The first kappa shape index (κ1) is 16.8. The largest absolute Gasteiger partial charge is 0.477 e. The Balaban J connectivity index is 1.94. The van der Waals surface area contributed by atoms with Crippen LogP contribution in [0.25, 0.3) is 0 Å². The van der Waals surface area contributed by atoms with E-state index in [1.54, 1.807) is 19.1 Å². The third kappa shape index (κ3) is 4.69. The number of hydrogen-bond donors (Lipinski definition) is 3. The Morgan fingerprint density at radius 2 is 2.17 bits per heavy atom. The van der Waals surface area contributed by atoms with E-state index in [1.165, 1.54) is 24.6 Å². The number of aromatic nitrogens is 1. The van der Waals surface area contributed by atoms with Gasteiger partial charge >= 0.3 is 6.03 Å². The zero-order valence-corrected chi connectivity index (χ0v) is 13.1. The van der Waals surface area contributed by atoms with E-state index in [2.05, 4.69) is 10.3 Å². The van der Waals surface area contributed by atoms with E-state index in [9.17, 15) is 13.2 Å². The van der Waals surface area contributed by atoms with Crippen molar-refractivity contribution in [2.24, 2.45) is 0 Å². The molecule has 0 aliphatic carbocycles. The van der Waals surface area contributed by atoms with Crippen LogP contribution < -0.4 is 20.3 Å². The van der Waals surface area contributed by atoms with E-state index in [-0.39, 0.29) is 23.9 Å². The number of furan rings is 1. The maximum atomic E-state index is 12.2. The van der Waals surface area contributed by atoms with Gasteiger partial charge in [-0.05, 0) is 31.2 Å². The molecule has 23 heavy (non-hydrogen) atoms. The molecule has 2 heterocycles. The first-order chi connectivity index (χ1) is 11.0. The highest BCUT2D eigenvalue weighted by atomic mass is 32.2. The number of hydrogen-bond acceptors (Lipinski definition) is 6. The number of amides is 2. The monoisotopic (exact) mass is 340 g/mol. The molecule has 0 fully saturated rings. The fourth-order valence-electron chi connectivity index (χ4n) is 1.62. The summed E-state index contributed by atoms with van der Waals surface area (Å²) in [5, 5.41) is 2.43. The first-order valence-corrected chi connectivity index (χ1v) is 8.17. The van der Waals surface area contributed by atoms with Gasteiger partial charge in [-0.25, -0.2) is 18.2 Å². The van der Waals surface area contributed by atoms with Crippen LogP contribution >= 0.6 is 0 Å². The van der Waals surface area contributed by atoms with E-state index in [0.29, 0.717) is 5.76 Å². The number of nitrogens with zero attached hydrogens (tertiary/aromatic N) is 1. The van der Waals surface area contributed by atoms with E-state index < -0.39 is 16.1 Å². The first-order valence-electron chi connectivity index (χ1n) is 6.69. The van der Waals surface area contributed by atoms with Crippen molar-refractivity contribution in [3.8, 4) is 5.88 Å². The van der Waals surface area contributed by atoms with E-state index in [1.807, 2.05) is 10.3 Å². The SMILES string of the molecule is CCOc1ncccc1S(=O)(=O)NNC(=O)NCc1ccco1. The van der Waals surface area contributed by atoms with Crippen molar-refractivity contribution >= 4 is 16.1 Å². The van der Waals surface area contributed by atoms with E-state index >= 15 is 0 Å². The Kier molecular flexibility index (Phi) is 5.55. The summed E-state index contributed by atoms with van der Waals surface area (Å²) < 4.78 is 34.5. The lowest BCUT2D eigenvalue weighted by molar-refractivity contribution is 0.238. The quantitative estimate of drug-likeness (QED) is 0.640. The van der Waals surface area contributed by atoms with Crippen molar-refractivity contribution in [1.82, 2.24) is 20.6 Å². The number of carbonyl (C=O) groups excluding carboxylic acids is 1. The summed E-state index contributed by atoms with van der Waals surface area (Å²) in [6.07, 6.45) is 2.88. The van der Waals surface area contributed by atoms with Gasteiger partial charge in [0.2, 0.25) is 5.88 Å². The smallest absolute Gasteiger partial charge is 0.330 e. The molecule has 124 valence electrons.